The van der Waals surface area contributed by atoms with Crippen molar-refractivity contribution in [2.24, 2.45) is 50.2 Å². The van der Waals surface area contributed by atoms with E-state index in [9.17, 15) is 40.5 Å². The van der Waals surface area contributed by atoms with E-state index >= 15 is 0 Å². The Morgan fingerprint density at radius 1 is 0.848 bits per heavy atom. The minimum Gasteiger partial charge on any atom is -0.432 e. The Labute approximate surface area is 273 Å². The number of rotatable bonds is 3. The lowest BCUT2D eigenvalue weighted by atomic mass is 9.33. The van der Waals surface area contributed by atoms with Crippen LogP contribution in [0.25, 0.3) is 0 Å². The molecule has 0 amide bonds. The number of ether oxygens (including phenoxy) is 2. The van der Waals surface area contributed by atoms with E-state index in [-0.39, 0.29) is 28.1 Å². The van der Waals surface area contributed by atoms with E-state index in [1.54, 1.807) is 0 Å². The van der Waals surface area contributed by atoms with Gasteiger partial charge in [0.05, 0.1) is 30.3 Å². The molecule has 7 N–H and O–H groups in total. The van der Waals surface area contributed by atoms with Gasteiger partial charge in [0, 0.05) is 5.92 Å². The lowest BCUT2D eigenvalue weighted by Gasteiger charge is -2.71. The number of fused-ring (bicyclic) bond motifs is 7. The quantitative estimate of drug-likeness (QED) is 0.177. The van der Waals surface area contributed by atoms with Crippen molar-refractivity contribution >= 4 is 5.97 Å². The van der Waals surface area contributed by atoms with Crippen LogP contribution in [0.4, 0.5) is 0 Å². The molecule has 0 aromatic rings. The highest BCUT2D eigenvalue weighted by atomic mass is 16.7. The summed E-state index contributed by atoms with van der Waals surface area (Å²) >= 11 is 0. The molecule has 0 aromatic heterocycles. The van der Waals surface area contributed by atoms with Crippen LogP contribution in [-0.4, -0.2) is 97.3 Å². The molecular weight excluding hydrogens is 592 g/mol. The van der Waals surface area contributed by atoms with Gasteiger partial charge in [-0.05, 0) is 90.3 Å². The van der Waals surface area contributed by atoms with Crippen molar-refractivity contribution in [3.8, 4) is 0 Å². The summed E-state index contributed by atoms with van der Waals surface area (Å²) < 4.78 is 11.4. The number of esters is 1. The summed E-state index contributed by atoms with van der Waals surface area (Å²) in [6.07, 6.45) is -2.48. The monoisotopic (exact) mass is 650 g/mol. The number of hydrogen-bond donors (Lipinski definition) is 7. The molecule has 1 saturated heterocycles. The fourth-order valence-corrected chi connectivity index (χ4v) is 12.1. The zero-order valence-electron chi connectivity index (χ0n) is 28.6. The summed E-state index contributed by atoms with van der Waals surface area (Å²) in [4.78, 5) is 14.4. The minimum absolute atomic E-state index is 0.185. The fourth-order valence-electron chi connectivity index (χ4n) is 12.1. The number of hydrogen-bond acceptors (Lipinski definition) is 10. The summed E-state index contributed by atoms with van der Waals surface area (Å²) in [7, 11) is 0. The van der Waals surface area contributed by atoms with Crippen molar-refractivity contribution in [3.05, 3.63) is 11.6 Å². The van der Waals surface area contributed by atoms with Crippen molar-refractivity contribution in [3.63, 3.8) is 0 Å². The summed E-state index contributed by atoms with van der Waals surface area (Å²) in [5.74, 6) is -0.666. The van der Waals surface area contributed by atoms with Crippen LogP contribution in [0.15, 0.2) is 11.6 Å². The summed E-state index contributed by atoms with van der Waals surface area (Å²) in [6, 6.07) is 0. The van der Waals surface area contributed by atoms with Gasteiger partial charge in [-0.15, -0.1) is 0 Å². The van der Waals surface area contributed by atoms with E-state index in [4.69, 9.17) is 9.47 Å². The third-order valence-electron chi connectivity index (χ3n) is 15.3. The third kappa shape index (κ3) is 4.46. The lowest BCUT2D eigenvalue weighted by molar-refractivity contribution is -0.298. The van der Waals surface area contributed by atoms with Gasteiger partial charge in [-0.3, -0.25) is 4.79 Å². The molecule has 0 radical (unpaired) electrons. The maximum atomic E-state index is 14.4. The number of allylic oxidation sites excluding steroid dienone is 1. The molecule has 1 aliphatic heterocycles. The van der Waals surface area contributed by atoms with Crippen LogP contribution < -0.4 is 0 Å². The first kappa shape index (κ1) is 34.7. The van der Waals surface area contributed by atoms with Crippen LogP contribution in [0.3, 0.4) is 0 Å². The second-order valence-electron chi connectivity index (χ2n) is 18.0. The SMILES string of the molecule is CC1(C)CC[C@]2(C(=O)O[C@@H]3O[C@H](CO)[C@@H](O)[C@H](O)[C@H]3O)CC[C@]3(C)C(=CC[C@@H]4[C@@]5(C)C[C@@H](O)[C@@H](O)C(C)(C)[C@@H]5CC[C@]43C)[C@@H]2[C@@H]1O. The van der Waals surface area contributed by atoms with Crippen LogP contribution in [0.2, 0.25) is 0 Å². The topological polar surface area (TPSA) is 177 Å². The van der Waals surface area contributed by atoms with Gasteiger partial charge in [0.2, 0.25) is 6.29 Å². The Kier molecular flexibility index (Phi) is 8.27. The van der Waals surface area contributed by atoms with Gasteiger partial charge >= 0.3 is 5.97 Å². The smallest absolute Gasteiger partial charge is 0.315 e. The molecule has 5 aliphatic carbocycles. The largest absolute Gasteiger partial charge is 0.432 e. The van der Waals surface area contributed by atoms with Gasteiger partial charge in [-0.2, -0.15) is 0 Å². The lowest BCUT2D eigenvalue weighted by Crippen LogP contribution is -2.68. The number of carbonyl (C=O) groups is 1. The van der Waals surface area contributed by atoms with Crippen LogP contribution in [-0.2, 0) is 14.3 Å². The number of aliphatic hydroxyl groups excluding tert-OH is 7. The van der Waals surface area contributed by atoms with Crippen LogP contribution in [0.5, 0.6) is 0 Å². The van der Waals surface area contributed by atoms with Gasteiger partial charge in [0.25, 0.3) is 0 Å². The molecule has 10 nitrogen and oxygen atoms in total. The molecule has 1 heterocycles. The van der Waals surface area contributed by atoms with Gasteiger partial charge in [-0.1, -0.05) is 60.1 Å². The van der Waals surface area contributed by atoms with Gasteiger partial charge in [-0.25, -0.2) is 0 Å². The van der Waals surface area contributed by atoms with E-state index in [0.29, 0.717) is 32.1 Å². The van der Waals surface area contributed by atoms with Crippen molar-refractivity contribution < 1.29 is 50.0 Å². The standard InChI is InChI=1S/C36H58O10/c1-31(2)12-14-36(30(44)46-29-26(41)25(40)24(39)20(17-37)45-29)15-13-34(6)18(23(36)28(31)43)8-9-22-33(5)16-19(38)27(42)32(3,4)21(33)10-11-35(22,34)7/h8,19-29,37-43H,9-17H2,1-7H3/t19-,20-,21+,22-,23-,24-,25+,26-,27-,28+,29+,33+,34-,35-,36+/m1/s1. The average molecular weight is 651 g/mol. The van der Waals surface area contributed by atoms with E-state index in [0.717, 1.165) is 24.8 Å². The van der Waals surface area contributed by atoms with Crippen molar-refractivity contribution in [1.82, 2.24) is 0 Å². The molecular formula is C36H58O10. The predicted octanol–water partition coefficient (Wildman–Crippen LogP) is 2.43. The average Bonchev–Trinajstić information content (AvgIpc) is 2.98. The number of carbonyl (C=O) groups excluding carboxylic acids is 1. The zero-order chi connectivity index (χ0) is 34.0. The van der Waals surface area contributed by atoms with Crippen LogP contribution >= 0.6 is 0 Å². The summed E-state index contributed by atoms with van der Waals surface area (Å²) in [6.45, 7) is 14.6. The molecule has 0 aromatic carbocycles. The molecule has 0 spiro atoms. The van der Waals surface area contributed by atoms with Crippen molar-refractivity contribution in [2.75, 3.05) is 6.61 Å². The molecule has 4 saturated carbocycles. The van der Waals surface area contributed by atoms with Gasteiger partial charge < -0.3 is 45.2 Å². The molecule has 46 heavy (non-hydrogen) atoms. The van der Waals surface area contributed by atoms with Gasteiger partial charge in [0.15, 0.2) is 0 Å². The first-order chi connectivity index (χ1) is 21.2. The maximum absolute atomic E-state index is 14.4. The highest BCUT2D eigenvalue weighted by molar-refractivity contribution is 5.79. The van der Waals surface area contributed by atoms with E-state index in [2.05, 4.69) is 40.7 Å². The highest BCUT2D eigenvalue weighted by Gasteiger charge is 2.71. The Morgan fingerprint density at radius 2 is 1.50 bits per heavy atom. The van der Waals surface area contributed by atoms with E-state index in [1.165, 1.54) is 0 Å². The Hall–Kier alpha value is -1.11. The molecule has 6 rings (SSSR count). The van der Waals surface area contributed by atoms with Crippen LogP contribution in [0, 0.1) is 50.2 Å². The number of aliphatic hydroxyl groups is 7. The summed E-state index contributed by atoms with van der Waals surface area (Å²) in [5, 5.41) is 75.3. The fraction of sp³-hybridized carbons (Fsp3) is 0.917. The molecule has 6 aliphatic rings. The van der Waals surface area contributed by atoms with E-state index in [1.807, 2.05) is 13.8 Å². The predicted molar refractivity (Wildman–Crippen MR) is 168 cm³/mol. The minimum atomic E-state index is -1.70. The first-order valence-corrected chi connectivity index (χ1v) is 17.5. The van der Waals surface area contributed by atoms with Crippen molar-refractivity contribution in [1.29, 1.82) is 0 Å². The van der Waals surface area contributed by atoms with Gasteiger partial charge in [0.1, 0.15) is 24.4 Å². The molecule has 10 heteroatoms. The Morgan fingerprint density at radius 3 is 2.15 bits per heavy atom. The Balaban J connectivity index is 1.39. The maximum Gasteiger partial charge on any atom is 0.315 e. The van der Waals surface area contributed by atoms with E-state index < -0.39 is 83.8 Å². The second kappa shape index (κ2) is 10.9. The second-order valence-corrected chi connectivity index (χ2v) is 18.0. The molecule has 15 atom stereocenters. The first-order valence-electron chi connectivity index (χ1n) is 17.5. The normalized spacial score (nSPS) is 54.3. The highest BCUT2D eigenvalue weighted by Crippen LogP contribution is 2.75. The van der Waals surface area contributed by atoms with Crippen molar-refractivity contribution in [2.45, 2.75) is 149 Å². The molecule has 5 fully saturated rings. The van der Waals surface area contributed by atoms with Crippen LogP contribution in [0.1, 0.15) is 99.8 Å². The Bertz CT molecular complexity index is 1250. The molecule has 0 unspecified atom stereocenters. The third-order valence-corrected chi connectivity index (χ3v) is 15.3. The molecule has 262 valence electrons. The zero-order valence-corrected chi connectivity index (χ0v) is 28.6. The molecule has 0 bridgehead atoms. The summed E-state index contributed by atoms with van der Waals surface area (Å²) in [5.41, 5.74) is -1.64.